The molecule has 88 valence electrons. The minimum Gasteiger partial charge on any atom is -0.305 e. The van der Waals surface area contributed by atoms with Crippen molar-refractivity contribution in [3.05, 3.63) is 54.5 Å². The van der Waals surface area contributed by atoms with Gasteiger partial charge in [-0.2, -0.15) is 5.10 Å². The van der Waals surface area contributed by atoms with Crippen molar-refractivity contribution in [1.82, 2.24) is 15.2 Å². The van der Waals surface area contributed by atoms with Crippen LogP contribution in [0.1, 0.15) is 10.5 Å². The molecule has 5 heteroatoms. The van der Waals surface area contributed by atoms with Crippen LogP contribution in [0.2, 0.25) is 0 Å². The van der Waals surface area contributed by atoms with Gasteiger partial charge in [0.15, 0.2) is 0 Å². The number of fused-ring (bicyclic) bond motifs is 1. The molecule has 0 aliphatic carbocycles. The fraction of sp³-hybridized carbons (Fsp3) is 0. The lowest BCUT2D eigenvalue weighted by Gasteiger charge is -2.06. The smallest absolute Gasteiger partial charge is 0.274 e. The number of anilines is 1. The zero-order chi connectivity index (χ0) is 12.4. The molecule has 0 bridgehead atoms. The first-order chi connectivity index (χ1) is 8.84. The molecule has 3 rings (SSSR count). The van der Waals surface area contributed by atoms with Gasteiger partial charge in [0, 0.05) is 17.8 Å². The second-order valence-electron chi connectivity index (χ2n) is 3.81. The fourth-order valence-electron chi connectivity index (χ4n) is 1.78. The molecule has 0 aliphatic heterocycles. The van der Waals surface area contributed by atoms with Crippen molar-refractivity contribution in [1.29, 1.82) is 0 Å². The molecule has 0 saturated heterocycles. The van der Waals surface area contributed by atoms with Crippen LogP contribution in [0.4, 0.5) is 5.82 Å². The fourth-order valence-corrected chi connectivity index (χ4v) is 1.78. The third-order valence-electron chi connectivity index (χ3n) is 2.65. The quantitative estimate of drug-likeness (QED) is 0.719. The van der Waals surface area contributed by atoms with Gasteiger partial charge in [-0.15, -0.1) is 0 Å². The van der Waals surface area contributed by atoms with Crippen LogP contribution >= 0.6 is 0 Å². The zero-order valence-electron chi connectivity index (χ0n) is 9.42. The van der Waals surface area contributed by atoms with Gasteiger partial charge in [0.25, 0.3) is 5.91 Å². The molecule has 0 radical (unpaired) electrons. The van der Waals surface area contributed by atoms with Crippen LogP contribution in [-0.4, -0.2) is 21.1 Å². The monoisotopic (exact) mass is 238 g/mol. The van der Waals surface area contributed by atoms with Crippen molar-refractivity contribution in [2.24, 2.45) is 0 Å². The van der Waals surface area contributed by atoms with Crippen molar-refractivity contribution in [2.75, 3.05) is 5.32 Å². The van der Waals surface area contributed by atoms with E-state index in [2.05, 4.69) is 20.5 Å². The Morgan fingerprint density at radius 1 is 1.11 bits per heavy atom. The number of nitrogens with one attached hydrogen (secondary N) is 2. The third kappa shape index (κ3) is 1.82. The molecule has 3 aromatic rings. The maximum absolute atomic E-state index is 11.9. The minimum atomic E-state index is -0.253. The van der Waals surface area contributed by atoms with Crippen LogP contribution in [0.5, 0.6) is 0 Å². The van der Waals surface area contributed by atoms with Crippen LogP contribution in [0.15, 0.2) is 48.8 Å². The van der Waals surface area contributed by atoms with Crippen LogP contribution in [0.3, 0.4) is 0 Å². The number of rotatable bonds is 2. The Hall–Kier alpha value is -2.69. The minimum absolute atomic E-state index is 0.253. The van der Waals surface area contributed by atoms with Gasteiger partial charge in [-0.05, 0) is 17.5 Å². The summed E-state index contributed by atoms with van der Waals surface area (Å²) in [5.41, 5.74) is 0.407. The Bertz CT molecular complexity index is 686. The van der Waals surface area contributed by atoms with Gasteiger partial charge in [-0.3, -0.25) is 9.89 Å². The highest BCUT2D eigenvalue weighted by Crippen LogP contribution is 2.20. The molecule has 2 aromatic heterocycles. The van der Waals surface area contributed by atoms with Crippen molar-refractivity contribution in [3.8, 4) is 0 Å². The summed E-state index contributed by atoms with van der Waals surface area (Å²) < 4.78 is 0. The number of hydrogen-bond acceptors (Lipinski definition) is 3. The van der Waals surface area contributed by atoms with Gasteiger partial charge in [0.05, 0.1) is 0 Å². The summed E-state index contributed by atoms with van der Waals surface area (Å²) in [7, 11) is 0. The molecule has 18 heavy (non-hydrogen) atoms. The Morgan fingerprint density at radius 3 is 2.83 bits per heavy atom. The number of amides is 1. The predicted molar refractivity (Wildman–Crippen MR) is 68.3 cm³/mol. The molecule has 2 heterocycles. The molecule has 0 saturated carbocycles. The van der Waals surface area contributed by atoms with Gasteiger partial charge >= 0.3 is 0 Å². The van der Waals surface area contributed by atoms with Crippen LogP contribution in [-0.2, 0) is 0 Å². The van der Waals surface area contributed by atoms with Gasteiger partial charge in [0.2, 0.25) is 0 Å². The van der Waals surface area contributed by atoms with E-state index in [0.717, 1.165) is 10.8 Å². The SMILES string of the molecule is O=C(Nc1nccc2ccccc12)c1ccn[nH]1. The summed E-state index contributed by atoms with van der Waals surface area (Å²) in [4.78, 5) is 16.1. The normalized spacial score (nSPS) is 10.4. The van der Waals surface area contributed by atoms with Gasteiger partial charge in [-0.25, -0.2) is 4.98 Å². The lowest BCUT2D eigenvalue weighted by atomic mass is 10.1. The summed E-state index contributed by atoms with van der Waals surface area (Å²) in [6, 6.07) is 11.3. The van der Waals surface area contributed by atoms with Crippen LogP contribution in [0.25, 0.3) is 10.8 Å². The topological polar surface area (TPSA) is 70.7 Å². The van der Waals surface area contributed by atoms with Crippen LogP contribution < -0.4 is 5.32 Å². The number of H-pyrrole nitrogens is 1. The predicted octanol–water partition coefficient (Wildman–Crippen LogP) is 2.21. The highest BCUT2D eigenvalue weighted by molar-refractivity contribution is 6.06. The number of aromatic nitrogens is 3. The molecule has 5 nitrogen and oxygen atoms in total. The van der Waals surface area contributed by atoms with Crippen molar-refractivity contribution < 1.29 is 4.79 Å². The Labute approximate surface area is 103 Å². The summed E-state index contributed by atoms with van der Waals surface area (Å²) >= 11 is 0. The Kier molecular flexibility index (Phi) is 2.49. The first kappa shape index (κ1) is 10.5. The number of carbonyl (C=O) groups excluding carboxylic acids is 1. The molecular formula is C13H10N4O. The van der Waals surface area contributed by atoms with E-state index >= 15 is 0 Å². The number of aromatic amines is 1. The Balaban J connectivity index is 1.98. The summed E-state index contributed by atoms with van der Waals surface area (Å²) in [5, 5.41) is 11.1. The molecule has 0 unspecified atom stereocenters. The lowest BCUT2D eigenvalue weighted by Crippen LogP contribution is -2.13. The first-order valence-corrected chi connectivity index (χ1v) is 5.49. The summed E-state index contributed by atoms with van der Waals surface area (Å²) in [5.74, 6) is 0.295. The van der Waals surface area contributed by atoms with Gasteiger partial charge in [0.1, 0.15) is 11.5 Å². The highest BCUT2D eigenvalue weighted by atomic mass is 16.2. The van der Waals surface area contributed by atoms with Gasteiger partial charge < -0.3 is 5.32 Å². The molecular weight excluding hydrogens is 228 g/mol. The largest absolute Gasteiger partial charge is 0.305 e. The van der Waals surface area contributed by atoms with Crippen LogP contribution in [0, 0.1) is 0 Å². The van der Waals surface area contributed by atoms with E-state index in [1.54, 1.807) is 12.3 Å². The average molecular weight is 238 g/mol. The van der Waals surface area contributed by atoms with Crippen molar-refractivity contribution in [2.45, 2.75) is 0 Å². The van der Waals surface area contributed by atoms with E-state index < -0.39 is 0 Å². The zero-order valence-corrected chi connectivity index (χ0v) is 9.42. The number of benzene rings is 1. The third-order valence-corrected chi connectivity index (χ3v) is 2.65. The maximum Gasteiger partial charge on any atom is 0.274 e. The second kappa shape index (κ2) is 4.29. The van der Waals surface area contributed by atoms with E-state index in [4.69, 9.17) is 0 Å². The molecule has 2 N–H and O–H groups in total. The number of carbonyl (C=O) groups is 1. The number of hydrogen-bond donors (Lipinski definition) is 2. The molecule has 0 spiro atoms. The number of nitrogens with zero attached hydrogens (tertiary/aromatic N) is 2. The first-order valence-electron chi connectivity index (χ1n) is 5.49. The summed E-state index contributed by atoms with van der Waals surface area (Å²) in [6.07, 6.45) is 3.20. The molecule has 1 aromatic carbocycles. The van der Waals surface area contributed by atoms with E-state index in [9.17, 15) is 4.79 Å². The van der Waals surface area contributed by atoms with E-state index in [1.165, 1.54) is 6.20 Å². The van der Waals surface area contributed by atoms with E-state index in [-0.39, 0.29) is 5.91 Å². The van der Waals surface area contributed by atoms with Crippen molar-refractivity contribution >= 4 is 22.5 Å². The molecule has 0 aliphatic rings. The standard InChI is InChI=1S/C13H10N4O/c18-13(11-6-8-15-17-11)16-12-10-4-2-1-3-9(10)5-7-14-12/h1-8H,(H,15,17)(H,14,16,18). The lowest BCUT2D eigenvalue weighted by molar-refractivity contribution is 0.102. The Morgan fingerprint density at radius 2 is 2.00 bits per heavy atom. The maximum atomic E-state index is 11.9. The van der Waals surface area contributed by atoms with E-state index in [0.29, 0.717) is 11.5 Å². The molecule has 0 fully saturated rings. The average Bonchev–Trinajstić information content (AvgIpc) is 2.93. The van der Waals surface area contributed by atoms with Gasteiger partial charge in [-0.1, -0.05) is 24.3 Å². The summed E-state index contributed by atoms with van der Waals surface area (Å²) in [6.45, 7) is 0. The van der Waals surface area contributed by atoms with Crippen molar-refractivity contribution in [3.63, 3.8) is 0 Å². The second-order valence-corrected chi connectivity index (χ2v) is 3.81. The highest BCUT2D eigenvalue weighted by Gasteiger charge is 2.09. The number of pyridine rings is 1. The molecule has 1 amide bonds. The molecule has 0 atom stereocenters. The van der Waals surface area contributed by atoms with E-state index in [1.807, 2.05) is 30.3 Å².